The van der Waals surface area contributed by atoms with Crippen LogP contribution in [0.25, 0.3) is 0 Å². The number of carbonyl (C=O) groups is 7. The number of hydrogen-bond acceptors (Lipinski definition) is 9. The largest absolute Gasteiger partial charge is 0.481 e. The van der Waals surface area contributed by atoms with Crippen LogP contribution in [0.3, 0.4) is 0 Å². The number of carbonyl (C=O) groups excluding carboxylic acids is 1. The average molecular weight is 808 g/mol. The van der Waals surface area contributed by atoms with Gasteiger partial charge in [0.1, 0.15) is 0 Å². The van der Waals surface area contributed by atoms with Gasteiger partial charge in [0.25, 0.3) is 0 Å². The van der Waals surface area contributed by atoms with Crippen LogP contribution in [-0.4, -0.2) is 92.0 Å². The normalized spacial score (nSPS) is 11.6. The van der Waals surface area contributed by atoms with Gasteiger partial charge in [-0.1, -0.05) is 83.5 Å². The van der Waals surface area contributed by atoms with Gasteiger partial charge in [-0.05, 0) is 77.3 Å². The number of nitrogens with one attached hydrogen (secondary N) is 1. The Labute approximate surface area is 334 Å². The molecule has 1 amide bonds. The Bertz CT molecular complexity index is 907. The lowest BCUT2D eigenvalue weighted by Gasteiger charge is -2.00. The molecule has 0 aliphatic carbocycles. The topological polar surface area (TPSA) is 305 Å². The van der Waals surface area contributed by atoms with E-state index < -0.39 is 35.8 Å². The summed E-state index contributed by atoms with van der Waals surface area (Å²) < 4.78 is 0. The van der Waals surface area contributed by atoms with E-state index in [4.69, 9.17) is 42.1 Å². The standard InChI is InChI=1S/C12H22O4.C10H18O4.C6H16N2.C6H11NO.C6H10O4/c13-11(14)9-7-5-3-1-2-4-6-8-10-12(15)16;11-9(12)7-5-3-1-2-4-6-8-10(13)14;7-5-3-1-2-4-6-8;8-6-4-2-1-3-5-7-6;7-5(8)3-1-2-4-6(9)10/h1-10H2,(H,13,14)(H,15,16);1-8H2,(H,11,12)(H,13,14);1-8H2;1-5H2,(H,7,8);1-4H2,(H,7,8)(H,9,10). The zero-order valence-electron chi connectivity index (χ0n) is 34.0. The summed E-state index contributed by atoms with van der Waals surface area (Å²) in [5.41, 5.74) is 10.6. The van der Waals surface area contributed by atoms with Crippen LogP contribution in [0.4, 0.5) is 0 Å². The van der Waals surface area contributed by atoms with Gasteiger partial charge in [0.05, 0.1) is 0 Å². The quantitative estimate of drug-likeness (QED) is 0.0324. The van der Waals surface area contributed by atoms with Crippen LogP contribution in [-0.2, 0) is 33.6 Å². The molecule has 16 heteroatoms. The molecule has 0 atom stereocenters. The molecular weight excluding hydrogens is 730 g/mol. The minimum absolute atomic E-state index is 0.0628. The SMILES string of the molecule is NCCCCCCN.O=C(O)CCCCC(=O)O.O=C(O)CCCCCCCCC(=O)O.O=C(O)CCCCCCCCCCC(=O)O.O=C1CCCCCN1. The van der Waals surface area contributed by atoms with Gasteiger partial charge >= 0.3 is 35.8 Å². The summed E-state index contributed by atoms with van der Waals surface area (Å²) in [5.74, 6) is -4.42. The summed E-state index contributed by atoms with van der Waals surface area (Å²) >= 11 is 0. The molecule has 0 aromatic carbocycles. The molecular formula is C40H77N3O13. The third-order valence-corrected chi connectivity index (χ3v) is 8.15. The molecule has 1 aliphatic heterocycles. The monoisotopic (exact) mass is 808 g/mol. The van der Waals surface area contributed by atoms with Crippen molar-refractivity contribution in [2.75, 3.05) is 19.6 Å². The Morgan fingerprint density at radius 3 is 0.857 bits per heavy atom. The van der Waals surface area contributed by atoms with Gasteiger partial charge in [-0.25, -0.2) is 0 Å². The molecule has 1 heterocycles. The molecule has 0 radical (unpaired) electrons. The molecule has 11 N–H and O–H groups in total. The van der Waals surface area contributed by atoms with Gasteiger partial charge < -0.3 is 47.4 Å². The van der Waals surface area contributed by atoms with Gasteiger partial charge in [-0.15, -0.1) is 0 Å². The molecule has 0 aromatic rings. The Morgan fingerprint density at radius 1 is 0.375 bits per heavy atom. The van der Waals surface area contributed by atoms with Gasteiger partial charge in [0, 0.05) is 51.5 Å². The van der Waals surface area contributed by atoms with Crippen molar-refractivity contribution < 1.29 is 64.2 Å². The van der Waals surface area contributed by atoms with E-state index >= 15 is 0 Å². The van der Waals surface area contributed by atoms with Crippen LogP contribution in [0.5, 0.6) is 0 Å². The van der Waals surface area contributed by atoms with Gasteiger partial charge in [0.15, 0.2) is 0 Å². The molecule has 1 aliphatic rings. The maximum Gasteiger partial charge on any atom is 0.303 e. The van der Waals surface area contributed by atoms with Crippen LogP contribution in [0.2, 0.25) is 0 Å². The van der Waals surface area contributed by atoms with Crippen LogP contribution in [0, 0.1) is 0 Å². The fraction of sp³-hybridized carbons (Fsp3) is 0.825. The summed E-state index contributed by atoms with van der Waals surface area (Å²) in [6.45, 7) is 2.54. The first kappa shape index (κ1) is 58.9. The molecule has 0 saturated carbocycles. The molecule has 0 spiro atoms. The first-order valence-corrected chi connectivity index (χ1v) is 20.7. The van der Waals surface area contributed by atoms with E-state index in [2.05, 4.69) is 5.32 Å². The molecule has 56 heavy (non-hydrogen) atoms. The Morgan fingerprint density at radius 2 is 0.607 bits per heavy atom. The third kappa shape index (κ3) is 71.6. The molecule has 0 unspecified atom stereocenters. The molecule has 330 valence electrons. The average Bonchev–Trinajstić information content (AvgIpc) is 3.38. The number of carboxylic acid groups (broad SMARTS) is 6. The highest BCUT2D eigenvalue weighted by Crippen LogP contribution is 2.11. The maximum atomic E-state index is 10.6. The second-order valence-corrected chi connectivity index (χ2v) is 13.7. The minimum Gasteiger partial charge on any atom is -0.481 e. The van der Waals surface area contributed by atoms with Crippen LogP contribution < -0.4 is 16.8 Å². The molecule has 1 rings (SSSR count). The van der Waals surface area contributed by atoms with E-state index in [1.807, 2.05) is 0 Å². The smallest absolute Gasteiger partial charge is 0.303 e. The maximum absolute atomic E-state index is 10.6. The summed E-state index contributed by atoms with van der Waals surface area (Å²) in [7, 11) is 0. The van der Waals surface area contributed by atoms with Gasteiger partial charge in [-0.3, -0.25) is 33.6 Å². The van der Waals surface area contributed by atoms with Crippen molar-refractivity contribution in [3.8, 4) is 0 Å². The fourth-order valence-corrected chi connectivity index (χ4v) is 4.97. The minimum atomic E-state index is -0.870. The number of unbranched alkanes of at least 4 members (excludes halogenated alkanes) is 16. The highest BCUT2D eigenvalue weighted by Gasteiger charge is 2.04. The van der Waals surface area contributed by atoms with E-state index in [9.17, 15) is 33.6 Å². The third-order valence-electron chi connectivity index (χ3n) is 8.15. The van der Waals surface area contributed by atoms with Crippen molar-refractivity contribution in [1.82, 2.24) is 5.32 Å². The van der Waals surface area contributed by atoms with Crippen molar-refractivity contribution in [2.45, 2.75) is 193 Å². The number of nitrogens with two attached hydrogens (primary N) is 2. The molecule has 1 fully saturated rings. The first-order chi connectivity index (χ1) is 26.7. The lowest BCUT2D eigenvalue weighted by Crippen LogP contribution is -2.21. The summed E-state index contributed by atoms with van der Waals surface area (Å²) in [6.07, 6.45) is 24.3. The molecule has 16 nitrogen and oxygen atoms in total. The zero-order valence-corrected chi connectivity index (χ0v) is 34.0. The summed E-state index contributed by atoms with van der Waals surface area (Å²) in [5, 5.41) is 52.6. The predicted molar refractivity (Wildman–Crippen MR) is 215 cm³/mol. The predicted octanol–water partition coefficient (Wildman–Crippen LogP) is 7.19. The van der Waals surface area contributed by atoms with E-state index in [0.29, 0.717) is 12.8 Å². The Kier molecular flexibility index (Phi) is 51.8. The number of amides is 1. The van der Waals surface area contributed by atoms with Crippen LogP contribution >= 0.6 is 0 Å². The number of aliphatic carboxylic acids is 6. The second-order valence-electron chi connectivity index (χ2n) is 13.7. The Balaban J connectivity index is -0.000000310. The van der Waals surface area contributed by atoms with Crippen LogP contribution in [0.1, 0.15) is 193 Å². The van der Waals surface area contributed by atoms with Crippen molar-refractivity contribution in [1.29, 1.82) is 0 Å². The van der Waals surface area contributed by atoms with Crippen molar-refractivity contribution in [2.24, 2.45) is 11.5 Å². The van der Waals surface area contributed by atoms with Gasteiger partial charge in [0.2, 0.25) is 5.91 Å². The van der Waals surface area contributed by atoms with E-state index in [1.165, 1.54) is 19.3 Å². The van der Waals surface area contributed by atoms with Crippen LogP contribution in [0.15, 0.2) is 0 Å². The number of hydrogen-bond donors (Lipinski definition) is 9. The first-order valence-electron chi connectivity index (χ1n) is 20.7. The fourth-order valence-electron chi connectivity index (χ4n) is 4.97. The zero-order chi connectivity index (χ0) is 43.1. The lowest BCUT2D eigenvalue weighted by atomic mass is 10.1. The molecule has 0 bridgehead atoms. The van der Waals surface area contributed by atoms with E-state index in [0.717, 1.165) is 142 Å². The number of rotatable bonds is 30. The van der Waals surface area contributed by atoms with Gasteiger partial charge in [-0.2, -0.15) is 0 Å². The number of carboxylic acids is 6. The van der Waals surface area contributed by atoms with Crippen molar-refractivity contribution in [3.05, 3.63) is 0 Å². The highest BCUT2D eigenvalue weighted by atomic mass is 16.4. The highest BCUT2D eigenvalue weighted by molar-refractivity contribution is 5.76. The molecule has 1 saturated heterocycles. The van der Waals surface area contributed by atoms with E-state index in [-0.39, 0.29) is 44.4 Å². The summed E-state index contributed by atoms with van der Waals surface area (Å²) in [6, 6.07) is 0. The lowest BCUT2D eigenvalue weighted by molar-refractivity contribution is -0.139. The van der Waals surface area contributed by atoms with Crippen molar-refractivity contribution in [3.63, 3.8) is 0 Å². The summed E-state index contributed by atoms with van der Waals surface area (Å²) in [4.78, 5) is 71.1. The molecule has 0 aromatic heterocycles. The van der Waals surface area contributed by atoms with E-state index in [1.54, 1.807) is 0 Å². The Hall–Kier alpha value is -3.79. The van der Waals surface area contributed by atoms with Crippen molar-refractivity contribution >= 4 is 41.7 Å². The second kappa shape index (κ2) is 49.2.